The van der Waals surface area contributed by atoms with Crippen LogP contribution in [-0.2, 0) is 19.4 Å². The summed E-state index contributed by atoms with van der Waals surface area (Å²) < 4.78 is 2.22. The summed E-state index contributed by atoms with van der Waals surface area (Å²) in [6, 6.07) is 0. The zero-order valence-electron chi connectivity index (χ0n) is 11.2. The van der Waals surface area contributed by atoms with Crippen molar-refractivity contribution in [3.63, 3.8) is 0 Å². The first-order valence-corrected chi connectivity index (χ1v) is 6.55. The van der Waals surface area contributed by atoms with Crippen molar-refractivity contribution >= 4 is 5.84 Å². The highest BCUT2D eigenvalue weighted by Gasteiger charge is 2.24. The average Bonchev–Trinajstić information content (AvgIpc) is 2.78. The Hall–Kier alpha value is -1.52. The van der Waals surface area contributed by atoms with Crippen molar-refractivity contribution in [1.82, 2.24) is 9.55 Å². The maximum absolute atomic E-state index is 8.76. The first-order valence-electron chi connectivity index (χ1n) is 6.55. The van der Waals surface area contributed by atoms with Crippen molar-refractivity contribution in [3.05, 3.63) is 17.7 Å². The molecule has 1 heterocycles. The van der Waals surface area contributed by atoms with E-state index < -0.39 is 0 Å². The largest absolute Gasteiger partial charge is 0.409 e. The molecule has 5 nitrogen and oxygen atoms in total. The zero-order chi connectivity index (χ0) is 13.2. The van der Waals surface area contributed by atoms with E-state index in [1.807, 2.05) is 20.2 Å². The Bertz CT molecular complexity index is 448. The molecule has 1 aliphatic rings. The Morgan fingerprint density at radius 2 is 2.22 bits per heavy atom. The van der Waals surface area contributed by atoms with E-state index in [4.69, 9.17) is 10.9 Å². The number of rotatable bonds is 4. The number of nitrogens with zero attached hydrogens (tertiary/aromatic N) is 3. The summed E-state index contributed by atoms with van der Waals surface area (Å²) in [5.74, 6) is 0.288. The standard InChI is InChI=1S/C13H22N4O/c1-13(2,12(14)16-18)7-8-17-9-15-10-5-3-4-6-11(10)17/h9,18H,3-8H2,1-2H3,(H2,14,16). The van der Waals surface area contributed by atoms with Crippen LogP contribution in [0.4, 0.5) is 0 Å². The number of nitrogens with two attached hydrogens (primary N) is 1. The Balaban J connectivity index is 2.05. The third kappa shape index (κ3) is 2.49. The summed E-state index contributed by atoms with van der Waals surface area (Å²) in [5, 5.41) is 11.9. The second kappa shape index (κ2) is 5.00. The molecule has 0 unspecified atom stereocenters. The predicted molar refractivity (Wildman–Crippen MR) is 70.7 cm³/mol. The first kappa shape index (κ1) is 12.9. The van der Waals surface area contributed by atoms with Gasteiger partial charge in [-0.15, -0.1) is 0 Å². The number of imidazole rings is 1. The minimum atomic E-state index is -0.291. The second-order valence-electron chi connectivity index (χ2n) is 5.66. The van der Waals surface area contributed by atoms with E-state index in [0.29, 0.717) is 0 Å². The molecule has 5 heteroatoms. The van der Waals surface area contributed by atoms with Crippen LogP contribution in [0.15, 0.2) is 11.5 Å². The molecule has 0 spiro atoms. The van der Waals surface area contributed by atoms with E-state index >= 15 is 0 Å². The van der Waals surface area contributed by atoms with Crippen molar-refractivity contribution in [3.8, 4) is 0 Å². The van der Waals surface area contributed by atoms with Gasteiger partial charge < -0.3 is 15.5 Å². The second-order valence-corrected chi connectivity index (χ2v) is 5.66. The van der Waals surface area contributed by atoms with Gasteiger partial charge in [-0.1, -0.05) is 19.0 Å². The number of amidine groups is 1. The molecule has 1 aromatic rings. The fraction of sp³-hybridized carbons (Fsp3) is 0.692. The predicted octanol–water partition coefficient (Wildman–Crippen LogP) is 1.92. The summed E-state index contributed by atoms with van der Waals surface area (Å²) in [4.78, 5) is 4.47. The Morgan fingerprint density at radius 3 is 2.94 bits per heavy atom. The van der Waals surface area contributed by atoms with E-state index in [9.17, 15) is 0 Å². The molecule has 0 saturated carbocycles. The minimum Gasteiger partial charge on any atom is -0.409 e. The summed E-state index contributed by atoms with van der Waals surface area (Å²) in [6.45, 7) is 4.85. The molecule has 0 aromatic carbocycles. The van der Waals surface area contributed by atoms with Gasteiger partial charge in [0.05, 0.1) is 12.0 Å². The number of hydrogen-bond donors (Lipinski definition) is 2. The van der Waals surface area contributed by atoms with Gasteiger partial charge in [0.2, 0.25) is 0 Å². The summed E-state index contributed by atoms with van der Waals surface area (Å²) >= 11 is 0. The molecule has 0 saturated heterocycles. The third-order valence-corrected chi connectivity index (χ3v) is 3.89. The molecule has 1 aliphatic carbocycles. The van der Waals surface area contributed by atoms with Gasteiger partial charge in [-0.3, -0.25) is 0 Å². The van der Waals surface area contributed by atoms with Crippen LogP contribution in [0.2, 0.25) is 0 Å². The Labute approximate surface area is 108 Å². The van der Waals surface area contributed by atoms with Gasteiger partial charge >= 0.3 is 0 Å². The van der Waals surface area contributed by atoms with Crippen molar-refractivity contribution in [2.45, 2.75) is 52.5 Å². The lowest BCUT2D eigenvalue weighted by Crippen LogP contribution is -2.33. The normalized spacial score (nSPS) is 16.7. The number of hydrogen-bond acceptors (Lipinski definition) is 3. The number of fused-ring (bicyclic) bond motifs is 1. The minimum absolute atomic E-state index is 0.288. The maximum atomic E-state index is 8.76. The van der Waals surface area contributed by atoms with Gasteiger partial charge in [0.25, 0.3) is 0 Å². The van der Waals surface area contributed by atoms with Crippen LogP contribution in [0.25, 0.3) is 0 Å². The van der Waals surface area contributed by atoms with Gasteiger partial charge in [0.15, 0.2) is 0 Å². The lowest BCUT2D eigenvalue weighted by Gasteiger charge is -2.23. The molecule has 1 aromatic heterocycles. The number of oxime groups is 1. The van der Waals surface area contributed by atoms with Gasteiger partial charge in [0.1, 0.15) is 5.84 Å². The smallest absolute Gasteiger partial charge is 0.144 e. The molecule has 0 fully saturated rings. The monoisotopic (exact) mass is 250 g/mol. The van der Waals surface area contributed by atoms with E-state index in [0.717, 1.165) is 25.8 Å². The van der Waals surface area contributed by atoms with Crippen molar-refractivity contribution in [2.24, 2.45) is 16.3 Å². The molecule has 0 aliphatic heterocycles. The van der Waals surface area contributed by atoms with Crippen LogP contribution >= 0.6 is 0 Å². The van der Waals surface area contributed by atoms with E-state index in [1.165, 1.54) is 24.2 Å². The highest BCUT2D eigenvalue weighted by atomic mass is 16.4. The first-order chi connectivity index (χ1) is 8.54. The van der Waals surface area contributed by atoms with Crippen molar-refractivity contribution in [1.29, 1.82) is 0 Å². The van der Waals surface area contributed by atoms with Gasteiger partial charge in [-0.2, -0.15) is 0 Å². The summed E-state index contributed by atoms with van der Waals surface area (Å²) in [5.41, 5.74) is 8.04. The summed E-state index contributed by atoms with van der Waals surface area (Å²) in [7, 11) is 0. The molecular weight excluding hydrogens is 228 g/mol. The SMILES string of the molecule is CC(C)(CCn1cnc2c1CCCC2)C(N)=NO. The average molecular weight is 250 g/mol. The van der Waals surface area contributed by atoms with E-state index in [-0.39, 0.29) is 11.3 Å². The fourth-order valence-corrected chi connectivity index (χ4v) is 2.39. The Kier molecular flexibility index (Phi) is 3.59. The lowest BCUT2D eigenvalue weighted by molar-refractivity contribution is 0.303. The van der Waals surface area contributed by atoms with Crippen molar-refractivity contribution < 1.29 is 5.21 Å². The fourth-order valence-electron chi connectivity index (χ4n) is 2.39. The molecule has 0 radical (unpaired) electrons. The third-order valence-electron chi connectivity index (χ3n) is 3.89. The van der Waals surface area contributed by atoms with Gasteiger partial charge in [-0.05, 0) is 32.1 Å². The van der Waals surface area contributed by atoms with E-state index in [1.54, 1.807) is 0 Å². The lowest BCUT2D eigenvalue weighted by atomic mass is 9.88. The molecule has 18 heavy (non-hydrogen) atoms. The van der Waals surface area contributed by atoms with Gasteiger partial charge in [0, 0.05) is 17.7 Å². The molecule has 0 bridgehead atoms. The number of aryl methyl sites for hydroxylation is 2. The molecule has 100 valence electrons. The van der Waals surface area contributed by atoms with Gasteiger partial charge in [-0.25, -0.2) is 4.98 Å². The molecule has 2 rings (SSSR count). The van der Waals surface area contributed by atoms with Crippen LogP contribution in [0.1, 0.15) is 44.5 Å². The Morgan fingerprint density at radius 1 is 1.50 bits per heavy atom. The molecular formula is C13H22N4O. The molecule has 3 N–H and O–H groups in total. The van der Waals surface area contributed by atoms with E-state index in [2.05, 4.69) is 14.7 Å². The van der Waals surface area contributed by atoms with Crippen LogP contribution in [0, 0.1) is 5.41 Å². The maximum Gasteiger partial charge on any atom is 0.144 e. The molecule has 0 amide bonds. The van der Waals surface area contributed by atoms with Crippen LogP contribution in [0.5, 0.6) is 0 Å². The topological polar surface area (TPSA) is 76.4 Å². The summed E-state index contributed by atoms with van der Waals surface area (Å²) in [6.07, 6.45) is 7.50. The molecule has 0 atom stereocenters. The number of aromatic nitrogens is 2. The quantitative estimate of drug-likeness (QED) is 0.371. The van der Waals surface area contributed by atoms with Crippen LogP contribution in [-0.4, -0.2) is 20.6 Å². The van der Waals surface area contributed by atoms with Crippen molar-refractivity contribution in [2.75, 3.05) is 0 Å². The zero-order valence-corrected chi connectivity index (χ0v) is 11.2. The highest BCUT2D eigenvalue weighted by molar-refractivity contribution is 5.85. The van der Waals surface area contributed by atoms with Crippen LogP contribution < -0.4 is 5.73 Å². The van der Waals surface area contributed by atoms with Crippen LogP contribution in [0.3, 0.4) is 0 Å². The highest BCUT2D eigenvalue weighted by Crippen LogP contribution is 2.24.